The van der Waals surface area contributed by atoms with Gasteiger partial charge < -0.3 is 14.6 Å². The van der Waals surface area contributed by atoms with E-state index in [-0.39, 0.29) is 23.6 Å². The zero-order chi connectivity index (χ0) is 17.4. The number of carbonyl (C=O) groups excluding carboxylic acids is 3. The monoisotopic (exact) mass is 329 g/mol. The summed E-state index contributed by atoms with van der Waals surface area (Å²) in [6.45, 7) is -0.0117. The van der Waals surface area contributed by atoms with Crippen LogP contribution in [-0.2, 0) is 19.1 Å². The quantitative estimate of drug-likeness (QED) is 0.836. The van der Waals surface area contributed by atoms with Crippen molar-refractivity contribution in [3.05, 3.63) is 41.0 Å². The van der Waals surface area contributed by atoms with Crippen molar-refractivity contribution in [1.82, 2.24) is 0 Å². The minimum Gasteiger partial charge on any atom is -0.506 e. The van der Waals surface area contributed by atoms with Gasteiger partial charge in [0.15, 0.2) is 5.78 Å². The first-order chi connectivity index (χ1) is 11.5. The number of benzene rings is 1. The average molecular weight is 329 g/mol. The van der Waals surface area contributed by atoms with Crippen molar-refractivity contribution in [3.63, 3.8) is 0 Å². The highest BCUT2D eigenvalue weighted by molar-refractivity contribution is 6.38. The summed E-state index contributed by atoms with van der Waals surface area (Å²) in [6.07, 6.45) is 0. The van der Waals surface area contributed by atoms with Gasteiger partial charge in [-0.05, 0) is 0 Å². The second kappa shape index (κ2) is 5.92. The molecule has 1 aromatic rings. The number of Topliss-reactive ketones (excluding diaryl/α,β-unsaturated/α-hetero) is 1. The van der Waals surface area contributed by atoms with E-state index < -0.39 is 29.6 Å². The van der Waals surface area contributed by atoms with Crippen LogP contribution in [0.2, 0.25) is 0 Å². The molecule has 2 aliphatic rings. The molecule has 0 unspecified atom stereocenters. The van der Waals surface area contributed by atoms with Gasteiger partial charge in [-0.2, -0.15) is 0 Å². The van der Waals surface area contributed by atoms with E-state index in [1.807, 2.05) is 0 Å². The Hall–Kier alpha value is -2.96. The highest BCUT2D eigenvalue weighted by Gasteiger charge is 2.47. The molecule has 1 aromatic carbocycles. The molecule has 0 saturated carbocycles. The van der Waals surface area contributed by atoms with Gasteiger partial charge >= 0.3 is 11.9 Å². The first kappa shape index (κ1) is 15.9. The van der Waals surface area contributed by atoms with E-state index in [1.54, 1.807) is 24.3 Å². The van der Waals surface area contributed by atoms with Crippen LogP contribution in [-0.4, -0.2) is 49.3 Å². The Bertz CT molecular complexity index is 807. The van der Waals surface area contributed by atoms with Gasteiger partial charge in [-0.3, -0.25) is 19.4 Å². The van der Waals surface area contributed by atoms with E-state index in [1.165, 1.54) is 14.2 Å². The van der Waals surface area contributed by atoms with Crippen molar-refractivity contribution in [2.45, 2.75) is 0 Å². The summed E-state index contributed by atoms with van der Waals surface area (Å²) in [5, 5.41) is 10.4. The number of allylic oxidation sites excluding steroid dienone is 1. The van der Waals surface area contributed by atoms with Crippen molar-refractivity contribution in [3.8, 4) is 0 Å². The molecule has 1 aliphatic carbocycles. The van der Waals surface area contributed by atoms with Crippen LogP contribution in [0.1, 0.15) is 15.9 Å². The average Bonchev–Trinajstić information content (AvgIpc) is 3.14. The molecule has 0 bridgehead atoms. The number of hydrogen-bond donors (Lipinski definition) is 1. The van der Waals surface area contributed by atoms with Gasteiger partial charge in [0.05, 0.1) is 38.0 Å². The number of ketones is 1. The maximum Gasteiger partial charge on any atom is 0.315 e. The number of hydrogen-bond acceptors (Lipinski definition) is 7. The topological polar surface area (TPSA) is 102 Å². The highest BCUT2D eigenvalue weighted by atomic mass is 16.5. The van der Waals surface area contributed by atoms with Crippen molar-refractivity contribution < 1.29 is 29.0 Å². The molecule has 1 N–H and O–H groups in total. The number of nitrogens with zero attached hydrogens (tertiary/aromatic N) is 1. The standard InChI is InChI=1S/C17H15NO6/c1-23-16(21)10-7-18-13(11(10)17(22)24-2)12-14(19)8-5-3-4-6-9(8)15(12)20/h3-6,10-11,19H,7H2,1-2H3/t10-,11+/m1/s1. The highest BCUT2D eigenvalue weighted by Crippen LogP contribution is 2.37. The second-order valence-electron chi connectivity index (χ2n) is 5.45. The molecule has 7 heteroatoms. The second-order valence-corrected chi connectivity index (χ2v) is 5.45. The summed E-state index contributed by atoms with van der Waals surface area (Å²) in [4.78, 5) is 40.9. The van der Waals surface area contributed by atoms with Crippen LogP contribution in [0.3, 0.4) is 0 Å². The Labute approximate surface area is 137 Å². The Kier molecular flexibility index (Phi) is 3.92. The van der Waals surface area contributed by atoms with Crippen molar-refractivity contribution in [2.75, 3.05) is 20.8 Å². The summed E-state index contributed by atoms with van der Waals surface area (Å²) < 4.78 is 9.46. The number of aliphatic hydroxyl groups excluding tert-OH is 1. The lowest BCUT2D eigenvalue weighted by Crippen LogP contribution is -2.35. The number of fused-ring (bicyclic) bond motifs is 1. The van der Waals surface area contributed by atoms with Crippen molar-refractivity contribution >= 4 is 29.2 Å². The number of ether oxygens (including phenoxy) is 2. The fraction of sp³-hybridized carbons (Fsp3) is 0.294. The number of methoxy groups -OCH3 is 2. The molecule has 0 fully saturated rings. The lowest BCUT2D eigenvalue weighted by molar-refractivity contribution is -0.153. The minimum absolute atomic E-state index is 0.0117. The van der Waals surface area contributed by atoms with Crippen LogP contribution < -0.4 is 0 Å². The van der Waals surface area contributed by atoms with Crippen LogP contribution in [0.15, 0.2) is 34.8 Å². The fourth-order valence-corrected chi connectivity index (χ4v) is 3.09. The van der Waals surface area contributed by atoms with Crippen LogP contribution >= 0.6 is 0 Å². The molecule has 1 aliphatic heterocycles. The molecule has 3 rings (SSSR count). The SMILES string of the molecule is COC(=O)[C@@H]1C(C2=C(O)c3ccccc3C2=O)=NC[C@H]1C(=O)OC. The molecule has 0 aromatic heterocycles. The normalized spacial score (nSPS) is 22.2. The number of carbonyl (C=O) groups is 3. The summed E-state index contributed by atoms with van der Waals surface area (Å²) >= 11 is 0. The fourth-order valence-electron chi connectivity index (χ4n) is 3.09. The molecule has 2 atom stereocenters. The van der Waals surface area contributed by atoms with Gasteiger partial charge in [0, 0.05) is 11.1 Å². The van der Waals surface area contributed by atoms with Crippen molar-refractivity contribution in [1.29, 1.82) is 0 Å². The third-order valence-corrected chi connectivity index (χ3v) is 4.26. The molecule has 1 heterocycles. The number of esters is 2. The third-order valence-electron chi connectivity index (χ3n) is 4.26. The van der Waals surface area contributed by atoms with Gasteiger partial charge in [0.1, 0.15) is 11.7 Å². The lowest BCUT2D eigenvalue weighted by Gasteiger charge is -2.17. The van der Waals surface area contributed by atoms with E-state index >= 15 is 0 Å². The van der Waals surface area contributed by atoms with E-state index in [2.05, 4.69) is 4.99 Å². The number of rotatable bonds is 3. The van der Waals surface area contributed by atoms with E-state index in [0.29, 0.717) is 11.1 Å². The summed E-state index contributed by atoms with van der Waals surface area (Å²) in [5.74, 6) is -3.96. The summed E-state index contributed by atoms with van der Waals surface area (Å²) in [7, 11) is 2.40. The van der Waals surface area contributed by atoms with Gasteiger partial charge in [-0.15, -0.1) is 0 Å². The van der Waals surface area contributed by atoms with Crippen LogP contribution in [0.5, 0.6) is 0 Å². The summed E-state index contributed by atoms with van der Waals surface area (Å²) in [6, 6.07) is 6.56. The summed E-state index contributed by atoms with van der Waals surface area (Å²) in [5.41, 5.74) is 0.720. The van der Waals surface area contributed by atoms with E-state index in [4.69, 9.17) is 9.47 Å². The number of aliphatic imine (C=N–C) groups is 1. The Balaban J connectivity index is 2.06. The molecular weight excluding hydrogens is 314 g/mol. The Morgan fingerprint density at radius 3 is 2.33 bits per heavy atom. The maximum absolute atomic E-state index is 12.6. The van der Waals surface area contributed by atoms with E-state index in [0.717, 1.165) is 0 Å². The zero-order valence-corrected chi connectivity index (χ0v) is 13.1. The molecular formula is C17H15NO6. The minimum atomic E-state index is -1.09. The molecule has 0 saturated heterocycles. The predicted molar refractivity (Wildman–Crippen MR) is 83.6 cm³/mol. The van der Waals surface area contributed by atoms with Crippen LogP contribution in [0, 0.1) is 11.8 Å². The number of aliphatic hydroxyl groups is 1. The molecule has 0 amide bonds. The van der Waals surface area contributed by atoms with Gasteiger partial charge in [-0.25, -0.2) is 0 Å². The zero-order valence-electron chi connectivity index (χ0n) is 13.1. The van der Waals surface area contributed by atoms with Crippen LogP contribution in [0.4, 0.5) is 0 Å². The predicted octanol–water partition coefficient (Wildman–Crippen LogP) is 1.19. The molecule has 7 nitrogen and oxygen atoms in total. The third kappa shape index (κ3) is 2.20. The maximum atomic E-state index is 12.6. The first-order valence-electron chi connectivity index (χ1n) is 7.29. The van der Waals surface area contributed by atoms with Gasteiger partial charge in [0.2, 0.25) is 0 Å². The van der Waals surface area contributed by atoms with Crippen LogP contribution in [0.25, 0.3) is 5.76 Å². The Morgan fingerprint density at radius 1 is 1.12 bits per heavy atom. The smallest absolute Gasteiger partial charge is 0.315 e. The van der Waals surface area contributed by atoms with Gasteiger partial charge in [-0.1, -0.05) is 24.3 Å². The molecule has 124 valence electrons. The van der Waals surface area contributed by atoms with Gasteiger partial charge in [0.25, 0.3) is 0 Å². The lowest BCUT2D eigenvalue weighted by atomic mass is 9.86. The Morgan fingerprint density at radius 2 is 1.75 bits per heavy atom. The molecule has 0 radical (unpaired) electrons. The first-order valence-corrected chi connectivity index (χ1v) is 7.29. The van der Waals surface area contributed by atoms with Crippen molar-refractivity contribution in [2.24, 2.45) is 16.8 Å². The largest absolute Gasteiger partial charge is 0.506 e. The van der Waals surface area contributed by atoms with E-state index in [9.17, 15) is 19.5 Å². The molecule has 0 spiro atoms. The molecule has 24 heavy (non-hydrogen) atoms.